The first-order valence-electron chi connectivity index (χ1n) is 25.7. The zero-order valence-electron chi connectivity index (χ0n) is 40.6. The van der Waals surface area contributed by atoms with Crippen LogP contribution in [0.25, 0.3) is 0 Å². The van der Waals surface area contributed by atoms with Gasteiger partial charge >= 0.3 is 11.9 Å². The maximum Gasteiger partial charge on any atom is 0.306 e. The van der Waals surface area contributed by atoms with Crippen LogP contribution in [0.5, 0.6) is 0 Å². The predicted molar refractivity (Wildman–Crippen MR) is 261 cm³/mol. The first-order valence-corrected chi connectivity index (χ1v) is 27.3. The minimum Gasteiger partial charge on any atom is -0.462 e. The summed E-state index contributed by atoms with van der Waals surface area (Å²) in [6, 6.07) is 0. The lowest BCUT2D eigenvalue weighted by Gasteiger charge is -2.40. The molecule has 0 aromatic rings. The summed E-state index contributed by atoms with van der Waals surface area (Å²) in [6.07, 6.45) is 41.5. The molecule has 0 aliphatic carbocycles. The Labute approximate surface area is 394 Å². The zero-order chi connectivity index (χ0) is 47.6. The largest absolute Gasteiger partial charge is 0.462 e. The molecule has 1 aliphatic heterocycles. The van der Waals surface area contributed by atoms with Crippen LogP contribution < -0.4 is 0 Å². The Morgan fingerprint density at radius 2 is 0.923 bits per heavy atom. The monoisotopic (exact) mass is 941 g/mol. The van der Waals surface area contributed by atoms with Gasteiger partial charge in [-0.25, -0.2) is 0 Å². The summed E-state index contributed by atoms with van der Waals surface area (Å²) in [5.74, 6) is -2.02. The van der Waals surface area contributed by atoms with Gasteiger partial charge in [0.05, 0.1) is 6.61 Å². The van der Waals surface area contributed by atoms with Crippen LogP contribution in [0.4, 0.5) is 0 Å². The van der Waals surface area contributed by atoms with Gasteiger partial charge in [-0.05, 0) is 57.8 Å². The second kappa shape index (κ2) is 41.8. The molecular formula is C52H92O12S. The lowest BCUT2D eigenvalue weighted by Crippen LogP contribution is -2.60. The van der Waals surface area contributed by atoms with Crippen molar-refractivity contribution in [3.63, 3.8) is 0 Å². The molecule has 0 aromatic carbocycles. The molecule has 0 radical (unpaired) electrons. The van der Waals surface area contributed by atoms with Crippen molar-refractivity contribution in [2.24, 2.45) is 0 Å². The molecule has 378 valence electrons. The van der Waals surface area contributed by atoms with Gasteiger partial charge < -0.3 is 34.3 Å². The summed E-state index contributed by atoms with van der Waals surface area (Å²) in [5.41, 5.74) is 0. The van der Waals surface area contributed by atoms with Crippen molar-refractivity contribution >= 4 is 22.1 Å². The third-order valence-corrected chi connectivity index (χ3v) is 12.4. The zero-order valence-corrected chi connectivity index (χ0v) is 41.4. The summed E-state index contributed by atoms with van der Waals surface area (Å²) in [5, 5.41) is 31.0. The van der Waals surface area contributed by atoms with Gasteiger partial charge in [0.25, 0.3) is 10.1 Å². The van der Waals surface area contributed by atoms with Crippen molar-refractivity contribution in [1.82, 2.24) is 0 Å². The second-order valence-corrected chi connectivity index (χ2v) is 19.3. The molecule has 1 heterocycles. The van der Waals surface area contributed by atoms with E-state index in [0.29, 0.717) is 12.8 Å². The quantitative estimate of drug-likeness (QED) is 0.0196. The maximum absolute atomic E-state index is 12.9. The van der Waals surface area contributed by atoms with Crippen molar-refractivity contribution in [2.45, 2.75) is 250 Å². The summed E-state index contributed by atoms with van der Waals surface area (Å²) in [4.78, 5) is 25.5. The molecule has 0 saturated carbocycles. The number of unbranched alkanes of at least 4 members (excludes halogenated alkanes) is 23. The Kier molecular flexibility index (Phi) is 39.0. The fourth-order valence-corrected chi connectivity index (χ4v) is 8.35. The molecule has 13 heteroatoms. The number of carbonyl (C=O) groups excluding carboxylic acids is 2. The van der Waals surface area contributed by atoms with E-state index in [-0.39, 0.29) is 19.4 Å². The molecule has 65 heavy (non-hydrogen) atoms. The van der Waals surface area contributed by atoms with Crippen LogP contribution in [-0.2, 0) is 38.7 Å². The van der Waals surface area contributed by atoms with Crippen molar-refractivity contribution in [3.05, 3.63) is 48.6 Å². The Balaban J connectivity index is 2.41. The standard InChI is InChI=1S/C52H92O12S/c1-3-5-7-9-11-13-15-17-19-21-23-25-27-29-31-33-35-37-39-41-48(54)63-45(43-62-52-51(57)50(56)49(55)46(64-52)44-65(58,59)60)42-61-47(53)40-38-36-34-32-30-28-26-24-22-20-18-16-14-12-10-8-6-4-2/h11,13,17,19,23,25,29,31,45-46,49-52,55-57H,3-10,12,14-16,18,20-22,24,26-28,30,32-44H2,1-2H3,(H,58,59,60)/b13-11+,19-17+,25-23+,31-29+/t45-,46-,49-,50?,51?,52+/m1/s1. The van der Waals surface area contributed by atoms with Crippen molar-refractivity contribution in [3.8, 4) is 0 Å². The van der Waals surface area contributed by atoms with Crippen LogP contribution >= 0.6 is 0 Å². The number of carbonyl (C=O) groups is 2. The Morgan fingerprint density at radius 1 is 0.523 bits per heavy atom. The molecule has 1 aliphatic rings. The summed E-state index contributed by atoms with van der Waals surface area (Å²) >= 11 is 0. The van der Waals surface area contributed by atoms with Gasteiger partial charge in [0.2, 0.25) is 0 Å². The number of aliphatic hydroxyl groups is 3. The number of ether oxygens (including phenoxy) is 4. The first-order chi connectivity index (χ1) is 31.5. The average molecular weight is 941 g/mol. The molecule has 1 rings (SSSR count). The molecule has 4 N–H and O–H groups in total. The van der Waals surface area contributed by atoms with E-state index in [0.717, 1.165) is 64.2 Å². The number of rotatable bonds is 43. The van der Waals surface area contributed by atoms with E-state index in [2.05, 4.69) is 62.5 Å². The van der Waals surface area contributed by atoms with Crippen LogP contribution in [0.1, 0.15) is 213 Å². The Hall–Kier alpha value is -2.39. The van der Waals surface area contributed by atoms with Crippen LogP contribution in [0.2, 0.25) is 0 Å². The number of hydrogen-bond donors (Lipinski definition) is 4. The van der Waals surface area contributed by atoms with E-state index in [9.17, 15) is 37.9 Å². The van der Waals surface area contributed by atoms with Gasteiger partial charge in [0.15, 0.2) is 12.4 Å². The molecule has 0 spiro atoms. The van der Waals surface area contributed by atoms with Gasteiger partial charge in [-0.2, -0.15) is 8.42 Å². The van der Waals surface area contributed by atoms with Gasteiger partial charge in [-0.1, -0.05) is 191 Å². The van der Waals surface area contributed by atoms with Crippen LogP contribution in [0.15, 0.2) is 48.6 Å². The number of allylic oxidation sites excluding steroid dienone is 8. The highest BCUT2D eigenvalue weighted by molar-refractivity contribution is 7.85. The summed E-state index contributed by atoms with van der Waals surface area (Å²) < 4.78 is 54.2. The molecule has 6 atom stereocenters. The summed E-state index contributed by atoms with van der Waals surface area (Å²) in [7, 11) is -4.61. The molecule has 12 nitrogen and oxygen atoms in total. The number of aliphatic hydroxyl groups excluding tert-OH is 3. The van der Waals surface area contributed by atoms with Gasteiger partial charge in [0.1, 0.15) is 36.8 Å². The molecule has 1 saturated heterocycles. The highest BCUT2D eigenvalue weighted by Crippen LogP contribution is 2.24. The van der Waals surface area contributed by atoms with E-state index >= 15 is 0 Å². The molecule has 2 unspecified atom stereocenters. The highest BCUT2D eigenvalue weighted by atomic mass is 32.2. The molecular weight excluding hydrogens is 849 g/mol. The normalized spacial score (nSPS) is 19.9. The van der Waals surface area contributed by atoms with Crippen molar-refractivity contribution < 1.29 is 56.8 Å². The predicted octanol–water partition coefficient (Wildman–Crippen LogP) is 11.5. The van der Waals surface area contributed by atoms with Crippen LogP contribution in [-0.4, -0.2) is 96.0 Å². The van der Waals surface area contributed by atoms with Crippen LogP contribution in [0.3, 0.4) is 0 Å². The van der Waals surface area contributed by atoms with E-state index in [4.69, 9.17) is 18.9 Å². The molecule has 0 amide bonds. The number of hydrogen-bond acceptors (Lipinski definition) is 11. The van der Waals surface area contributed by atoms with Gasteiger partial charge in [-0.3, -0.25) is 14.1 Å². The molecule has 0 bridgehead atoms. The van der Waals surface area contributed by atoms with E-state index < -0.39 is 71.2 Å². The molecule has 1 fully saturated rings. The lowest BCUT2D eigenvalue weighted by atomic mass is 10.00. The van der Waals surface area contributed by atoms with Gasteiger partial charge in [0, 0.05) is 12.8 Å². The van der Waals surface area contributed by atoms with E-state index in [1.165, 1.54) is 109 Å². The van der Waals surface area contributed by atoms with E-state index in [1.54, 1.807) is 0 Å². The average Bonchev–Trinajstić information content (AvgIpc) is 3.27. The lowest BCUT2D eigenvalue weighted by molar-refractivity contribution is -0.297. The second-order valence-electron chi connectivity index (χ2n) is 17.8. The third kappa shape index (κ3) is 36.3. The number of esters is 2. The van der Waals surface area contributed by atoms with Gasteiger partial charge in [-0.15, -0.1) is 0 Å². The minimum absolute atomic E-state index is 0.127. The summed E-state index contributed by atoms with van der Waals surface area (Å²) in [6.45, 7) is 3.73. The Morgan fingerprint density at radius 3 is 1.40 bits per heavy atom. The van der Waals surface area contributed by atoms with Crippen LogP contribution in [0, 0.1) is 0 Å². The van der Waals surface area contributed by atoms with Crippen molar-refractivity contribution in [1.29, 1.82) is 0 Å². The maximum atomic E-state index is 12.9. The smallest absolute Gasteiger partial charge is 0.306 e. The topological polar surface area (TPSA) is 186 Å². The minimum atomic E-state index is -4.61. The fourth-order valence-electron chi connectivity index (χ4n) is 7.66. The fraction of sp³-hybridized carbons (Fsp3) is 0.808. The third-order valence-electron chi connectivity index (χ3n) is 11.7. The van der Waals surface area contributed by atoms with E-state index in [1.807, 2.05) is 0 Å². The highest BCUT2D eigenvalue weighted by Gasteiger charge is 2.46. The molecule has 0 aromatic heterocycles. The SMILES string of the molecule is CCCCC/C=C/C/C=C/C/C=C/C/C=C/CCCCCC(=O)O[C@H](COC(=O)CCCCCCCCCCCCCCCCCCCC)CO[C@H]1O[C@H](CS(=O)(=O)O)[C@@H](O)C(O)C1O. The first kappa shape index (κ1) is 60.6. The van der Waals surface area contributed by atoms with Crippen molar-refractivity contribution in [2.75, 3.05) is 19.0 Å². The Bertz CT molecular complexity index is 1380.